The standard InChI is InChI=1S/C36H57FN4O6S/c1-8-10-12-13-17-41(32(43)14-11-9-2)30(23(3)4)20-31(47-24(5)42)34-40-29(22-48-34)33(44)39-26(21-36(6,7)35(45)46)18-25-15-16-28(38)27(37)19-25/h15-16,19,23,26,29-31H,8-14,17-18,20-22,38H2,1-7H3,(H,39,44)(H,45,46). The number of rotatable bonds is 21. The Balaban J connectivity index is 2.31. The number of amides is 2. The summed E-state index contributed by atoms with van der Waals surface area (Å²) >= 11 is 1.34. The van der Waals surface area contributed by atoms with E-state index >= 15 is 0 Å². The van der Waals surface area contributed by atoms with Crippen LogP contribution in [0.2, 0.25) is 0 Å². The number of anilines is 1. The summed E-state index contributed by atoms with van der Waals surface area (Å²) in [4.78, 5) is 57.9. The van der Waals surface area contributed by atoms with E-state index in [4.69, 9.17) is 15.5 Å². The van der Waals surface area contributed by atoms with Gasteiger partial charge in [0.05, 0.1) is 11.1 Å². The van der Waals surface area contributed by atoms with Crippen molar-refractivity contribution in [2.24, 2.45) is 16.3 Å². The van der Waals surface area contributed by atoms with Crippen LogP contribution in [0.1, 0.15) is 112 Å². The van der Waals surface area contributed by atoms with Crippen molar-refractivity contribution in [3.8, 4) is 0 Å². The molecule has 0 saturated heterocycles. The number of esters is 1. The minimum absolute atomic E-state index is 0.00188. The van der Waals surface area contributed by atoms with E-state index in [1.54, 1.807) is 19.9 Å². The van der Waals surface area contributed by atoms with Gasteiger partial charge >= 0.3 is 11.9 Å². The summed E-state index contributed by atoms with van der Waals surface area (Å²) in [6.07, 6.45) is 6.24. The van der Waals surface area contributed by atoms with E-state index in [0.717, 1.165) is 38.5 Å². The third-order valence-electron chi connectivity index (χ3n) is 8.73. The lowest BCUT2D eigenvalue weighted by atomic mass is 9.83. The molecule has 0 aromatic heterocycles. The normalized spacial score (nSPS) is 16.6. The molecule has 1 aromatic rings. The van der Waals surface area contributed by atoms with Crippen LogP contribution in [0.3, 0.4) is 0 Å². The number of carbonyl (C=O) groups excluding carboxylic acids is 3. The second-order valence-corrected chi connectivity index (χ2v) is 14.9. The number of hydrogen-bond donors (Lipinski definition) is 3. The lowest BCUT2D eigenvalue weighted by Gasteiger charge is -2.37. The second-order valence-electron chi connectivity index (χ2n) is 13.8. The lowest BCUT2D eigenvalue weighted by molar-refractivity contribution is -0.148. The summed E-state index contributed by atoms with van der Waals surface area (Å²) in [7, 11) is 0. The lowest BCUT2D eigenvalue weighted by Crippen LogP contribution is -2.47. The van der Waals surface area contributed by atoms with Crippen LogP contribution in [0, 0.1) is 17.2 Å². The Labute approximate surface area is 290 Å². The minimum Gasteiger partial charge on any atom is -0.481 e. The van der Waals surface area contributed by atoms with Gasteiger partial charge in [0, 0.05) is 44.1 Å². The number of halogens is 1. The molecule has 2 amide bonds. The fraction of sp³-hybridized carbons (Fsp3) is 0.694. The van der Waals surface area contributed by atoms with Crippen molar-refractivity contribution in [3.63, 3.8) is 0 Å². The van der Waals surface area contributed by atoms with Crippen LogP contribution < -0.4 is 11.1 Å². The van der Waals surface area contributed by atoms with Crippen molar-refractivity contribution >= 4 is 46.2 Å². The first-order valence-electron chi connectivity index (χ1n) is 17.3. The first-order valence-corrected chi connectivity index (χ1v) is 18.3. The van der Waals surface area contributed by atoms with Crippen molar-refractivity contribution in [2.45, 2.75) is 137 Å². The van der Waals surface area contributed by atoms with E-state index in [-0.39, 0.29) is 36.4 Å². The fourth-order valence-electron chi connectivity index (χ4n) is 5.89. The number of carboxylic acid groups (broad SMARTS) is 1. The maximum atomic E-state index is 14.2. The van der Waals surface area contributed by atoms with Gasteiger partial charge in [0.15, 0.2) is 6.10 Å². The molecule has 48 heavy (non-hydrogen) atoms. The van der Waals surface area contributed by atoms with E-state index in [9.17, 15) is 28.7 Å². The van der Waals surface area contributed by atoms with Gasteiger partial charge in [0.1, 0.15) is 16.9 Å². The Hall–Kier alpha value is -3.15. The van der Waals surface area contributed by atoms with Crippen LogP contribution in [0.5, 0.6) is 0 Å². The number of carbonyl (C=O) groups is 4. The van der Waals surface area contributed by atoms with Crippen molar-refractivity contribution in [3.05, 3.63) is 29.6 Å². The summed E-state index contributed by atoms with van der Waals surface area (Å²) < 4.78 is 20.0. The van der Waals surface area contributed by atoms with Crippen molar-refractivity contribution < 1.29 is 33.4 Å². The highest BCUT2D eigenvalue weighted by Gasteiger charge is 2.37. The molecular formula is C36H57FN4O6S. The van der Waals surface area contributed by atoms with Gasteiger partial charge < -0.3 is 25.8 Å². The number of thioether (sulfide) groups is 1. The van der Waals surface area contributed by atoms with Gasteiger partial charge in [0.25, 0.3) is 0 Å². The minimum atomic E-state index is -1.16. The molecule has 1 aliphatic rings. The van der Waals surface area contributed by atoms with E-state index in [1.165, 1.54) is 30.8 Å². The van der Waals surface area contributed by atoms with E-state index in [2.05, 4.69) is 33.0 Å². The number of aliphatic carboxylic acids is 1. The molecule has 1 aromatic carbocycles. The maximum absolute atomic E-state index is 14.2. The predicted octanol–water partition coefficient (Wildman–Crippen LogP) is 6.40. The number of nitrogen functional groups attached to an aromatic ring is 1. The average molecular weight is 693 g/mol. The zero-order valence-electron chi connectivity index (χ0n) is 29.9. The molecule has 4 unspecified atom stereocenters. The molecule has 0 spiro atoms. The van der Waals surface area contributed by atoms with Crippen LogP contribution in [0.15, 0.2) is 23.2 Å². The molecule has 12 heteroatoms. The van der Waals surface area contributed by atoms with Crippen LogP contribution in [-0.4, -0.2) is 75.3 Å². The van der Waals surface area contributed by atoms with Gasteiger partial charge in [-0.1, -0.05) is 59.4 Å². The number of nitrogens with two attached hydrogens (primary N) is 1. The van der Waals surface area contributed by atoms with Crippen LogP contribution in [0.25, 0.3) is 0 Å². The van der Waals surface area contributed by atoms with E-state index in [1.807, 2.05) is 4.90 Å². The van der Waals surface area contributed by atoms with Crippen LogP contribution in [-0.2, 0) is 30.3 Å². The third kappa shape index (κ3) is 13.0. The number of benzene rings is 1. The highest BCUT2D eigenvalue weighted by molar-refractivity contribution is 8.14. The summed E-state index contributed by atoms with van der Waals surface area (Å²) in [6, 6.07) is 2.77. The first-order chi connectivity index (χ1) is 22.6. The molecule has 0 saturated carbocycles. The number of nitrogens with zero attached hydrogens (tertiary/aromatic N) is 2. The van der Waals surface area contributed by atoms with Gasteiger partial charge in [-0.3, -0.25) is 24.2 Å². The third-order valence-corrected chi connectivity index (χ3v) is 9.88. The van der Waals surface area contributed by atoms with Crippen molar-refractivity contribution in [1.82, 2.24) is 10.2 Å². The monoisotopic (exact) mass is 692 g/mol. The molecule has 10 nitrogen and oxygen atoms in total. The van der Waals surface area contributed by atoms with Crippen molar-refractivity contribution in [2.75, 3.05) is 18.0 Å². The van der Waals surface area contributed by atoms with Gasteiger partial charge in [0.2, 0.25) is 11.8 Å². The van der Waals surface area contributed by atoms with Gasteiger partial charge in [-0.25, -0.2) is 4.39 Å². The summed E-state index contributed by atoms with van der Waals surface area (Å²) in [5.74, 6) is -1.97. The first kappa shape index (κ1) is 41.0. The Kier molecular flexibility index (Phi) is 16.9. The molecule has 270 valence electrons. The summed E-state index contributed by atoms with van der Waals surface area (Å²) in [5.41, 5.74) is 5.04. The summed E-state index contributed by atoms with van der Waals surface area (Å²) in [6.45, 7) is 13.5. The Morgan fingerprint density at radius 1 is 1.15 bits per heavy atom. The van der Waals surface area contributed by atoms with Crippen LogP contribution >= 0.6 is 11.8 Å². The molecule has 1 aliphatic heterocycles. The van der Waals surface area contributed by atoms with Crippen molar-refractivity contribution in [1.29, 1.82) is 0 Å². The Morgan fingerprint density at radius 3 is 2.42 bits per heavy atom. The average Bonchev–Trinajstić information content (AvgIpc) is 3.50. The van der Waals surface area contributed by atoms with Gasteiger partial charge in [-0.05, 0) is 63.1 Å². The smallest absolute Gasteiger partial charge is 0.309 e. The molecule has 4 N–H and O–H groups in total. The fourth-order valence-corrected chi connectivity index (χ4v) is 6.98. The molecule has 0 bridgehead atoms. The largest absolute Gasteiger partial charge is 0.481 e. The molecule has 1 heterocycles. The molecule has 4 atom stereocenters. The number of unbranched alkanes of at least 4 members (excludes halogenated alkanes) is 4. The number of aliphatic imine (C=N–C) groups is 1. The summed E-state index contributed by atoms with van der Waals surface area (Å²) in [5, 5.41) is 13.2. The second kappa shape index (κ2) is 19.7. The maximum Gasteiger partial charge on any atom is 0.309 e. The topological polar surface area (TPSA) is 151 Å². The molecule has 2 rings (SSSR count). The quantitative estimate of drug-likeness (QED) is 0.0761. The molecular weight excluding hydrogens is 635 g/mol. The predicted molar refractivity (Wildman–Crippen MR) is 190 cm³/mol. The zero-order chi connectivity index (χ0) is 36.0. The molecule has 0 radical (unpaired) electrons. The number of hydrogen-bond acceptors (Lipinski definition) is 8. The number of nitrogens with one attached hydrogen (secondary N) is 1. The highest BCUT2D eigenvalue weighted by Crippen LogP contribution is 2.30. The Bertz CT molecular complexity index is 1270. The Morgan fingerprint density at radius 2 is 1.83 bits per heavy atom. The van der Waals surface area contributed by atoms with E-state index in [0.29, 0.717) is 35.7 Å². The highest BCUT2D eigenvalue weighted by atomic mass is 32.2. The SMILES string of the molecule is CCCCCCN(C(=O)CCCC)C(CC(OC(C)=O)C1=NC(C(=O)NC(Cc2ccc(N)c(F)c2)CC(C)(C)C(=O)O)CS1)C(C)C. The van der Waals surface area contributed by atoms with Gasteiger partial charge in [-0.15, -0.1) is 11.8 Å². The molecule has 0 fully saturated rings. The number of ether oxygens (including phenoxy) is 1. The number of carboxylic acids is 1. The molecule has 0 aliphatic carbocycles. The van der Waals surface area contributed by atoms with Gasteiger partial charge in [-0.2, -0.15) is 0 Å². The van der Waals surface area contributed by atoms with E-state index < -0.39 is 47.3 Å². The van der Waals surface area contributed by atoms with Crippen LogP contribution in [0.4, 0.5) is 10.1 Å². The zero-order valence-corrected chi connectivity index (χ0v) is 30.7.